The van der Waals surface area contributed by atoms with E-state index in [4.69, 9.17) is 0 Å². The molecule has 1 N–H and O–H groups in total. The molecule has 120 valence electrons. The van der Waals surface area contributed by atoms with Gasteiger partial charge in [-0.3, -0.25) is 4.79 Å². The highest BCUT2D eigenvalue weighted by Crippen LogP contribution is 2.23. The van der Waals surface area contributed by atoms with Gasteiger partial charge in [0.25, 0.3) is 0 Å². The third kappa shape index (κ3) is 4.93. The van der Waals surface area contributed by atoms with Gasteiger partial charge >= 0.3 is 6.03 Å². The van der Waals surface area contributed by atoms with Crippen LogP contribution in [-0.2, 0) is 0 Å². The first-order chi connectivity index (χ1) is 11.0. The fraction of sp³-hybridized carbons (Fsp3) is 0.222. The van der Waals surface area contributed by atoms with Gasteiger partial charge in [-0.15, -0.1) is 0 Å². The highest BCUT2D eigenvalue weighted by molar-refractivity contribution is 9.10. The lowest BCUT2D eigenvalue weighted by atomic mass is 9.98. The summed E-state index contributed by atoms with van der Waals surface area (Å²) in [6.07, 6.45) is 0.208. The normalized spacial score (nSPS) is 11.6. The van der Waals surface area contributed by atoms with Crippen molar-refractivity contribution in [2.24, 2.45) is 0 Å². The van der Waals surface area contributed by atoms with E-state index >= 15 is 0 Å². The van der Waals surface area contributed by atoms with E-state index < -0.39 is 0 Å². The Kier molecular flexibility index (Phi) is 5.93. The van der Waals surface area contributed by atoms with Crippen molar-refractivity contribution in [3.63, 3.8) is 0 Å². The van der Waals surface area contributed by atoms with Gasteiger partial charge in [-0.05, 0) is 17.7 Å². The molecule has 0 aromatic heterocycles. The summed E-state index contributed by atoms with van der Waals surface area (Å²) in [7, 11) is 3.35. The van der Waals surface area contributed by atoms with Gasteiger partial charge in [0.2, 0.25) is 0 Å². The van der Waals surface area contributed by atoms with Gasteiger partial charge in [-0.2, -0.15) is 0 Å². The fourth-order valence-electron chi connectivity index (χ4n) is 2.18. The van der Waals surface area contributed by atoms with E-state index in [0.29, 0.717) is 5.56 Å². The molecule has 2 aromatic carbocycles. The molecular formula is C18H19BrN2O2. The fourth-order valence-corrected chi connectivity index (χ4v) is 2.60. The van der Waals surface area contributed by atoms with Gasteiger partial charge in [0, 0.05) is 30.6 Å². The second-order valence-electron chi connectivity index (χ2n) is 5.44. The molecule has 5 heteroatoms. The lowest BCUT2D eigenvalue weighted by Crippen LogP contribution is -2.38. The second-order valence-corrected chi connectivity index (χ2v) is 6.36. The number of amides is 2. The molecule has 0 fully saturated rings. The molecule has 0 aliphatic carbocycles. The molecule has 2 rings (SSSR count). The molecule has 4 nitrogen and oxygen atoms in total. The number of Topliss-reactive ketones (excluding diaryl/α,β-unsaturated/α-hetero) is 1. The molecule has 0 radical (unpaired) electrons. The SMILES string of the molecule is CN(C)C(=O)NC(CC(=O)c1ccccc1)c1cccc(Br)c1. The predicted molar refractivity (Wildman–Crippen MR) is 94.5 cm³/mol. The van der Waals surface area contributed by atoms with E-state index in [1.54, 1.807) is 26.2 Å². The maximum Gasteiger partial charge on any atom is 0.317 e. The van der Waals surface area contributed by atoms with Crippen molar-refractivity contribution in [3.05, 3.63) is 70.2 Å². The minimum absolute atomic E-state index is 0.00497. The summed E-state index contributed by atoms with van der Waals surface area (Å²) in [5.41, 5.74) is 1.53. The summed E-state index contributed by atoms with van der Waals surface area (Å²) in [5.74, 6) is -0.00497. The van der Waals surface area contributed by atoms with E-state index in [2.05, 4.69) is 21.2 Å². The summed E-state index contributed by atoms with van der Waals surface area (Å²) < 4.78 is 0.909. The smallest absolute Gasteiger partial charge is 0.317 e. The lowest BCUT2D eigenvalue weighted by Gasteiger charge is -2.21. The Morgan fingerprint density at radius 3 is 2.39 bits per heavy atom. The Hall–Kier alpha value is -2.14. The number of nitrogens with one attached hydrogen (secondary N) is 1. The zero-order chi connectivity index (χ0) is 16.8. The van der Waals surface area contributed by atoms with Gasteiger partial charge in [0.1, 0.15) is 0 Å². The molecule has 0 bridgehead atoms. The molecule has 0 spiro atoms. The molecule has 0 saturated heterocycles. The van der Waals surface area contributed by atoms with Crippen LogP contribution in [0.5, 0.6) is 0 Å². The third-order valence-corrected chi connectivity index (χ3v) is 3.93. The average molecular weight is 375 g/mol. The van der Waals surface area contributed by atoms with Crippen molar-refractivity contribution in [1.29, 1.82) is 0 Å². The van der Waals surface area contributed by atoms with Crippen molar-refractivity contribution < 1.29 is 9.59 Å². The lowest BCUT2D eigenvalue weighted by molar-refractivity contribution is 0.0969. The molecule has 2 amide bonds. The predicted octanol–water partition coefficient (Wildman–Crippen LogP) is 4.03. The molecule has 0 aliphatic heterocycles. The minimum Gasteiger partial charge on any atom is -0.331 e. The number of benzene rings is 2. The van der Waals surface area contributed by atoms with Crippen LogP contribution in [0.3, 0.4) is 0 Å². The number of carbonyl (C=O) groups excluding carboxylic acids is 2. The number of halogens is 1. The molecule has 0 saturated carbocycles. The number of urea groups is 1. The largest absolute Gasteiger partial charge is 0.331 e. The van der Waals surface area contributed by atoms with Gasteiger partial charge in [0.15, 0.2) is 5.78 Å². The van der Waals surface area contributed by atoms with Crippen molar-refractivity contribution in [3.8, 4) is 0 Å². The Balaban J connectivity index is 2.23. The number of ketones is 1. The van der Waals surface area contributed by atoms with Gasteiger partial charge in [-0.25, -0.2) is 4.79 Å². The van der Waals surface area contributed by atoms with Gasteiger partial charge < -0.3 is 10.2 Å². The van der Waals surface area contributed by atoms with Crippen molar-refractivity contribution >= 4 is 27.7 Å². The van der Waals surface area contributed by atoms with E-state index in [-0.39, 0.29) is 24.3 Å². The van der Waals surface area contributed by atoms with Crippen LogP contribution in [-0.4, -0.2) is 30.8 Å². The van der Waals surface area contributed by atoms with E-state index in [1.807, 2.05) is 42.5 Å². The Morgan fingerprint density at radius 1 is 1.09 bits per heavy atom. The number of hydrogen-bond donors (Lipinski definition) is 1. The maximum atomic E-state index is 12.5. The summed E-state index contributed by atoms with van der Waals surface area (Å²) >= 11 is 3.43. The summed E-state index contributed by atoms with van der Waals surface area (Å²) in [6, 6.07) is 16.1. The van der Waals surface area contributed by atoms with Crippen molar-refractivity contribution in [2.75, 3.05) is 14.1 Å². The van der Waals surface area contributed by atoms with Crippen LogP contribution in [0.2, 0.25) is 0 Å². The highest BCUT2D eigenvalue weighted by atomic mass is 79.9. The first-order valence-corrected chi connectivity index (χ1v) is 8.08. The minimum atomic E-state index is -0.380. The molecule has 0 aliphatic rings. The number of rotatable bonds is 5. The molecule has 0 heterocycles. The van der Waals surface area contributed by atoms with Gasteiger partial charge in [0.05, 0.1) is 6.04 Å². The van der Waals surface area contributed by atoms with Crippen LogP contribution in [0.4, 0.5) is 4.79 Å². The zero-order valence-electron chi connectivity index (χ0n) is 13.1. The van der Waals surface area contributed by atoms with E-state index in [1.165, 1.54) is 4.90 Å². The van der Waals surface area contributed by atoms with Crippen molar-refractivity contribution in [1.82, 2.24) is 10.2 Å². The molecule has 23 heavy (non-hydrogen) atoms. The van der Waals surface area contributed by atoms with Crippen molar-refractivity contribution in [2.45, 2.75) is 12.5 Å². The maximum absolute atomic E-state index is 12.5. The summed E-state index contributed by atoms with van der Waals surface area (Å²) in [4.78, 5) is 26.0. The molecule has 2 aromatic rings. The van der Waals surface area contributed by atoms with Gasteiger partial charge in [-0.1, -0.05) is 58.4 Å². The summed E-state index contributed by atoms with van der Waals surface area (Å²) in [6.45, 7) is 0. The first kappa shape index (κ1) is 17.2. The summed E-state index contributed by atoms with van der Waals surface area (Å²) in [5, 5.41) is 2.91. The first-order valence-electron chi connectivity index (χ1n) is 7.29. The quantitative estimate of drug-likeness (QED) is 0.802. The number of nitrogens with zero attached hydrogens (tertiary/aromatic N) is 1. The molecule has 1 unspecified atom stereocenters. The van der Waals surface area contributed by atoms with E-state index in [9.17, 15) is 9.59 Å². The van der Waals surface area contributed by atoms with Crippen LogP contribution in [0.25, 0.3) is 0 Å². The number of carbonyl (C=O) groups is 2. The van der Waals surface area contributed by atoms with Crippen LogP contribution >= 0.6 is 15.9 Å². The monoisotopic (exact) mass is 374 g/mol. The zero-order valence-corrected chi connectivity index (χ0v) is 14.7. The third-order valence-electron chi connectivity index (χ3n) is 3.44. The van der Waals surface area contributed by atoms with Crippen LogP contribution in [0, 0.1) is 0 Å². The van der Waals surface area contributed by atoms with Crippen LogP contribution in [0.15, 0.2) is 59.1 Å². The molecule has 1 atom stereocenters. The second kappa shape index (κ2) is 7.92. The molecular weight excluding hydrogens is 356 g/mol. The Morgan fingerprint density at radius 2 is 1.78 bits per heavy atom. The van der Waals surface area contributed by atoms with Crippen LogP contribution in [0.1, 0.15) is 28.4 Å². The Bertz CT molecular complexity index is 686. The number of hydrogen-bond acceptors (Lipinski definition) is 2. The topological polar surface area (TPSA) is 49.4 Å². The Labute approximate surface area is 144 Å². The average Bonchev–Trinajstić information content (AvgIpc) is 2.54. The standard InChI is InChI=1S/C18H19BrN2O2/c1-21(2)18(23)20-16(14-9-6-10-15(19)11-14)12-17(22)13-7-4-3-5-8-13/h3-11,16H,12H2,1-2H3,(H,20,23). The van der Waals surface area contributed by atoms with E-state index in [0.717, 1.165) is 10.0 Å². The van der Waals surface area contributed by atoms with Crippen LogP contribution < -0.4 is 5.32 Å². The highest BCUT2D eigenvalue weighted by Gasteiger charge is 2.20.